The van der Waals surface area contributed by atoms with Crippen LogP contribution in [0.2, 0.25) is 0 Å². The van der Waals surface area contributed by atoms with Gasteiger partial charge in [0.1, 0.15) is 5.82 Å². The van der Waals surface area contributed by atoms with Crippen molar-refractivity contribution >= 4 is 11.7 Å². The van der Waals surface area contributed by atoms with Crippen molar-refractivity contribution in [1.29, 1.82) is 0 Å². The summed E-state index contributed by atoms with van der Waals surface area (Å²) in [6.45, 7) is 1.71. The molecule has 1 fully saturated rings. The normalized spacial score (nSPS) is 15.2. The molecule has 0 saturated carbocycles. The third-order valence-corrected chi connectivity index (χ3v) is 4.32. The molecule has 2 aromatic heterocycles. The van der Waals surface area contributed by atoms with Gasteiger partial charge in [-0.15, -0.1) is 0 Å². The highest BCUT2D eigenvalue weighted by Gasteiger charge is 2.31. The Kier molecular flexibility index (Phi) is 4.71. The smallest absolute Gasteiger partial charge is 0.353 e. The Morgan fingerprint density at radius 1 is 1.12 bits per heavy atom. The average molecular weight is 366 g/mol. The van der Waals surface area contributed by atoms with Crippen molar-refractivity contribution in [3.8, 4) is 0 Å². The Balaban J connectivity index is 1.64. The Hall–Kier alpha value is -2.84. The molecule has 0 atom stereocenters. The molecular formula is C17H17F3N4O2. The van der Waals surface area contributed by atoms with Crippen LogP contribution in [0.5, 0.6) is 0 Å². The molecule has 3 heterocycles. The van der Waals surface area contributed by atoms with Gasteiger partial charge >= 0.3 is 6.18 Å². The predicted octanol–water partition coefficient (Wildman–Crippen LogP) is 1.76. The lowest BCUT2D eigenvalue weighted by Crippen LogP contribution is -2.49. The van der Waals surface area contributed by atoms with Gasteiger partial charge in [-0.3, -0.25) is 9.59 Å². The second-order valence-electron chi connectivity index (χ2n) is 6.05. The van der Waals surface area contributed by atoms with Crippen LogP contribution in [0.15, 0.2) is 41.5 Å². The molecule has 6 nitrogen and oxygen atoms in total. The summed E-state index contributed by atoms with van der Waals surface area (Å²) in [5.74, 6) is 0.210. The molecule has 0 unspecified atom stereocenters. The molecule has 1 saturated heterocycles. The SMILES string of the molecule is Cn1ccc(C(=O)N2CCN(c3ccc(C(F)(F)F)cn3)CC2)cc1=O. The van der Waals surface area contributed by atoms with Gasteiger partial charge in [0.05, 0.1) is 5.56 Å². The number of carbonyl (C=O) groups is 1. The fourth-order valence-electron chi connectivity index (χ4n) is 2.74. The number of amides is 1. The maximum Gasteiger partial charge on any atom is 0.417 e. The van der Waals surface area contributed by atoms with Crippen molar-refractivity contribution in [3.63, 3.8) is 0 Å². The minimum atomic E-state index is -4.41. The van der Waals surface area contributed by atoms with Crippen molar-refractivity contribution < 1.29 is 18.0 Å². The number of hydrogen-bond donors (Lipinski definition) is 0. The number of alkyl halides is 3. The number of nitrogens with zero attached hydrogens (tertiary/aromatic N) is 4. The predicted molar refractivity (Wildman–Crippen MR) is 89.0 cm³/mol. The number of aryl methyl sites for hydroxylation is 1. The van der Waals surface area contributed by atoms with Crippen molar-refractivity contribution in [2.45, 2.75) is 6.18 Å². The first-order valence-corrected chi connectivity index (χ1v) is 8.00. The fourth-order valence-corrected chi connectivity index (χ4v) is 2.74. The lowest BCUT2D eigenvalue weighted by Gasteiger charge is -2.35. The van der Waals surface area contributed by atoms with Crippen LogP contribution in [0.4, 0.5) is 19.0 Å². The summed E-state index contributed by atoms with van der Waals surface area (Å²) in [7, 11) is 1.60. The Morgan fingerprint density at radius 3 is 2.35 bits per heavy atom. The largest absolute Gasteiger partial charge is 0.417 e. The zero-order chi connectivity index (χ0) is 18.9. The third-order valence-electron chi connectivity index (χ3n) is 4.32. The monoisotopic (exact) mass is 366 g/mol. The Bertz CT molecular complexity index is 854. The topological polar surface area (TPSA) is 58.4 Å². The van der Waals surface area contributed by atoms with Crippen LogP contribution >= 0.6 is 0 Å². The van der Waals surface area contributed by atoms with Crippen molar-refractivity contribution in [1.82, 2.24) is 14.5 Å². The summed E-state index contributed by atoms with van der Waals surface area (Å²) in [5.41, 5.74) is -0.724. The van der Waals surface area contributed by atoms with E-state index in [1.807, 2.05) is 4.90 Å². The first-order chi connectivity index (χ1) is 12.3. The van der Waals surface area contributed by atoms with E-state index in [0.717, 1.165) is 12.3 Å². The maximum atomic E-state index is 12.6. The van der Waals surface area contributed by atoms with Gasteiger partial charge in [-0.05, 0) is 18.2 Å². The van der Waals surface area contributed by atoms with E-state index in [2.05, 4.69) is 4.98 Å². The number of rotatable bonds is 2. The number of halogens is 3. The molecular weight excluding hydrogens is 349 g/mol. The number of hydrogen-bond acceptors (Lipinski definition) is 4. The maximum absolute atomic E-state index is 12.6. The second-order valence-corrected chi connectivity index (χ2v) is 6.05. The molecule has 1 amide bonds. The van der Waals surface area contributed by atoms with E-state index in [4.69, 9.17) is 0 Å². The van der Waals surface area contributed by atoms with Gasteiger partial charge in [0.25, 0.3) is 11.5 Å². The minimum Gasteiger partial charge on any atom is -0.353 e. The molecule has 0 spiro atoms. The quantitative estimate of drug-likeness (QED) is 0.813. The van der Waals surface area contributed by atoms with Crippen LogP contribution in [0.1, 0.15) is 15.9 Å². The van der Waals surface area contributed by atoms with E-state index in [1.165, 1.54) is 22.9 Å². The molecule has 1 aliphatic rings. The molecule has 0 aromatic carbocycles. The first-order valence-electron chi connectivity index (χ1n) is 8.00. The van der Waals surface area contributed by atoms with Crippen LogP contribution in [0.25, 0.3) is 0 Å². The molecule has 0 N–H and O–H groups in total. The summed E-state index contributed by atoms with van der Waals surface area (Å²) in [6.07, 6.45) is -2.06. The van der Waals surface area contributed by atoms with Crippen LogP contribution in [0, 0.1) is 0 Å². The average Bonchev–Trinajstić information content (AvgIpc) is 2.63. The summed E-state index contributed by atoms with van der Waals surface area (Å²) < 4.78 is 39.2. The number of piperazine rings is 1. The van der Waals surface area contributed by atoms with Crippen molar-refractivity contribution in [2.75, 3.05) is 31.1 Å². The summed E-state index contributed by atoms with van der Waals surface area (Å²) >= 11 is 0. The van der Waals surface area contributed by atoms with E-state index < -0.39 is 11.7 Å². The third kappa shape index (κ3) is 3.71. The molecule has 3 rings (SSSR count). The number of carbonyl (C=O) groups excluding carboxylic acids is 1. The van der Waals surface area contributed by atoms with Gasteiger partial charge in [0.15, 0.2) is 0 Å². The van der Waals surface area contributed by atoms with Gasteiger partial charge in [-0.1, -0.05) is 0 Å². The zero-order valence-corrected chi connectivity index (χ0v) is 14.0. The zero-order valence-electron chi connectivity index (χ0n) is 14.0. The number of aromatic nitrogens is 2. The van der Waals surface area contributed by atoms with E-state index in [-0.39, 0.29) is 11.5 Å². The highest BCUT2D eigenvalue weighted by Crippen LogP contribution is 2.29. The van der Waals surface area contributed by atoms with Gasteiger partial charge in [0.2, 0.25) is 0 Å². The summed E-state index contributed by atoms with van der Waals surface area (Å²) in [5, 5.41) is 0. The Morgan fingerprint density at radius 2 is 1.81 bits per heavy atom. The highest BCUT2D eigenvalue weighted by molar-refractivity contribution is 5.94. The second kappa shape index (κ2) is 6.81. The van der Waals surface area contributed by atoms with Gasteiger partial charge < -0.3 is 14.4 Å². The van der Waals surface area contributed by atoms with E-state index in [9.17, 15) is 22.8 Å². The first kappa shape index (κ1) is 18.0. The lowest BCUT2D eigenvalue weighted by molar-refractivity contribution is -0.137. The molecule has 0 bridgehead atoms. The van der Waals surface area contributed by atoms with Crippen LogP contribution in [-0.4, -0.2) is 46.5 Å². The number of pyridine rings is 2. The molecule has 1 aliphatic heterocycles. The van der Waals surface area contributed by atoms with E-state index >= 15 is 0 Å². The van der Waals surface area contributed by atoms with E-state index in [1.54, 1.807) is 18.0 Å². The van der Waals surface area contributed by atoms with Gasteiger partial charge in [-0.25, -0.2) is 4.98 Å². The molecule has 9 heteroatoms. The van der Waals surface area contributed by atoms with E-state index in [0.29, 0.717) is 37.6 Å². The summed E-state index contributed by atoms with van der Waals surface area (Å²) in [6, 6.07) is 5.22. The fraction of sp³-hybridized carbons (Fsp3) is 0.353. The molecule has 2 aromatic rings. The lowest BCUT2D eigenvalue weighted by atomic mass is 10.2. The molecule has 0 aliphatic carbocycles. The standard InChI is InChI=1S/C17H17F3N4O2/c1-22-5-4-12(10-15(22)25)16(26)24-8-6-23(7-9-24)14-3-2-13(11-21-14)17(18,19)20/h2-5,10-11H,6-9H2,1H3. The number of anilines is 1. The van der Waals surface area contributed by atoms with Crippen LogP contribution < -0.4 is 10.5 Å². The Labute approximate surface area is 147 Å². The van der Waals surface area contributed by atoms with Crippen LogP contribution in [-0.2, 0) is 13.2 Å². The molecule has 26 heavy (non-hydrogen) atoms. The molecule has 0 radical (unpaired) electrons. The van der Waals surface area contributed by atoms with Crippen LogP contribution in [0.3, 0.4) is 0 Å². The minimum absolute atomic E-state index is 0.234. The van der Waals surface area contributed by atoms with Gasteiger partial charge in [0, 0.05) is 57.3 Å². The van der Waals surface area contributed by atoms with Gasteiger partial charge in [-0.2, -0.15) is 13.2 Å². The molecule has 138 valence electrons. The van der Waals surface area contributed by atoms with Crippen molar-refractivity contribution in [3.05, 3.63) is 58.1 Å². The highest BCUT2D eigenvalue weighted by atomic mass is 19.4. The van der Waals surface area contributed by atoms with Crippen molar-refractivity contribution in [2.24, 2.45) is 7.05 Å². The summed E-state index contributed by atoms with van der Waals surface area (Å²) in [4.78, 5) is 31.5.